The van der Waals surface area contributed by atoms with Gasteiger partial charge in [0.25, 0.3) is 0 Å². The Morgan fingerprint density at radius 2 is 1.56 bits per heavy atom. The second kappa shape index (κ2) is 9.79. The van der Waals surface area contributed by atoms with E-state index in [-0.39, 0.29) is 33.6 Å². The summed E-state index contributed by atoms with van der Waals surface area (Å²) in [6.45, 7) is 4.89. The van der Waals surface area contributed by atoms with Crippen LogP contribution in [0.5, 0.6) is 5.75 Å². The zero-order chi connectivity index (χ0) is 24.4. The summed E-state index contributed by atoms with van der Waals surface area (Å²) >= 11 is 6.40. The first kappa shape index (κ1) is 23.7. The van der Waals surface area contributed by atoms with Crippen LogP contribution in [-0.4, -0.2) is 42.1 Å². The molecule has 4 rings (SSSR count). The molecule has 6 nitrogen and oxygen atoms in total. The number of hydrogen-bond donors (Lipinski definition) is 1. The van der Waals surface area contributed by atoms with Crippen molar-refractivity contribution in [3.8, 4) is 5.75 Å². The van der Waals surface area contributed by atoms with Crippen LogP contribution in [0.2, 0.25) is 5.02 Å². The molecule has 0 radical (unpaired) electrons. The van der Waals surface area contributed by atoms with E-state index in [1.807, 2.05) is 43.1 Å². The summed E-state index contributed by atoms with van der Waals surface area (Å²) in [6, 6.07) is 16.9. The molecule has 3 aromatic rings. The van der Waals surface area contributed by atoms with Crippen LogP contribution in [-0.2, 0) is 11.3 Å². The first-order chi connectivity index (χ1) is 16.3. The van der Waals surface area contributed by atoms with Gasteiger partial charge in [-0.1, -0.05) is 48.0 Å². The van der Waals surface area contributed by atoms with Gasteiger partial charge < -0.3 is 10.1 Å². The molecule has 34 heavy (non-hydrogen) atoms. The molecule has 0 unspecified atom stereocenters. The van der Waals surface area contributed by atoms with Gasteiger partial charge in [-0.25, -0.2) is 0 Å². The predicted octanol–water partition coefficient (Wildman–Crippen LogP) is 4.97. The van der Waals surface area contributed by atoms with E-state index in [1.54, 1.807) is 31.2 Å². The van der Waals surface area contributed by atoms with Crippen LogP contribution in [0.15, 0.2) is 60.7 Å². The lowest BCUT2D eigenvalue weighted by Gasteiger charge is -2.25. The normalized spacial score (nSPS) is 13.3. The number of nitrogens with one attached hydrogen (secondary N) is 1. The third-order valence-corrected chi connectivity index (χ3v) is 6.29. The molecule has 1 atom stereocenters. The number of benzene rings is 3. The Morgan fingerprint density at radius 3 is 2.15 bits per heavy atom. The number of amides is 1. The van der Waals surface area contributed by atoms with Crippen LogP contribution < -0.4 is 10.1 Å². The molecule has 1 N–H and O–H groups in total. The molecule has 1 aliphatic rings. The number of hydrogen-bond acceptors (Lipinski definition) is 5. The van der Waals surface area contributed by atoms with E-state index in [0.717, 1.165) is 11.3 Å². The molecule has 174 valence electrons. The van der Waals surface area contributed by atoms with Gasteiger partial charge in [-0.2, -0.15) is 0 Å². The molecule has 1 aliphatic carbocycles. The largest absolute Gasteiger partial charge is 0.494 e. The van der Waals surface area contributed by atoms with Crippen molar-refractivity contribution in [1.82, 2.24) is 4.90 Å². The molecular formula is C27H25ClN2O4. The van der Waals surface area contributed by atoms with E-state index in [1.165, 1.54) is 12.1 Å². The number of likely N-dealkylation sites (N-methyl/N-ethyl adjacent to an activating group) is 1. The van der Waals surface area contributed by atoms with Gasteiger partial charge >= 0.3 is 0 Å². The summed E-state index contributed by atoms with van der Waals surface area (Å²) in [5.41, 5.74) is 2.53. The van der Waals surface area contributed by atoms with E-state index in [0.29, 0.717) is 30.0 Å². The Balaban J connectivity index is 1.49. The standard InChI is InChI=1S/C27H25ClN2O4/c1-4-34-18-11-9-17(10-12-18)15-30(3)16(2)27(33)29-24-14-22-21(13-23(24)28)25(31)19-7-5-6-8-20(19)26(22)32/h5-14,16H,4,15H2,1-3H3,(H,29,33)/t16-/m1/s1. The molecule has 0 aromatic heterocycles. The van der Waals surface area contributed by atoms with Crippen LogP contribution in [0.1, 0.15) is 51.3 Å². The minimum absolute atomic E-state index is 0.203. The maximum atomic E-state index is 13.0. The van der Waals surface area contributed by atoms with Gasteiger partial charge in [-0.05, 0) is 50.7 Å². The number of carbonyl (C=O) groups excluding carboxylic acids is 3. The highest BCUT2D eigenvalue weighted by Gasteiger charge is 2.31. The molecule has 7 heteroatoms. The van der Waals surface area contributed by atoms with E-state index >= 15 is 0 Å². The maximum Gasteiger partial charge on any atom is 0.241 e. The SMILES string of the molecule is CCOc1ccc(CN(C)[C@H](C)C(=O)Nc2cc3c(cc2Cl)C(=O)c2ccccc2C3=O)cc1. The highest BCUT2D eigenvalue weighted by molar-refractivity contribution is 6.36. The number of nitrogens with zero attached hydrogens (tertiary/aromatic N) is 1. The quantitative estimate of drug-likeness (QED) is 0.407. The topological polar surface area (TPSA) is 75.7 Å². The fourth-order valence-corrected chi connectivity index (χ4v) is 4.14. The first-order valence-corrected chi connectivity index (χ1v) is 11.4. The lowest BCUT2D eigenvalue weighted by Crippen LogP contribution is -2.39. The van der Waals surface area contributed by atoms with Gasteiger partial charge in [-0.15, -0.1) is 0 Å². The molecule has 0 spiro atoms. The third-order valence-electron chi connectivity index (χ3n) is 5.98. The summed E-state index contributed by atoms with van der Waals surface area (Å²) in [7, 11) is 1.86. The van der Waals surface area contributed by atoms with Crippen molar-refractivity contribution in [2.75, 3.05) is 19.0 Å². The number of carbonyl (C=O) groups is 3. The van der Waals surface area contributed by atoms with Gasteiger partial charge in [0.15, 0.2) is 11.6 Å². The molecule has 3 aromatic carbocycles. The number of ether oxygens (including phenoxy) is 1. The zero-order valence-electron chi connectivity index (χ0n) is 19.2. The van der Waals surface area contributed by atoms with E-state index < -0.39 is 6.04 Å². The molecule has 0 saturated carbocycles. The van der Waals surface area contributed by atoms with Crippen molar-refractivity contribution >= 4 is 34.8 Å². The smallest absolute Gasteiger partial charge is 0.241 e. The average Bonchev–Trinajstić information content (AvgIpc) is 2.84. The number of fused-ring (bicyclic) bond motifs is 2. The van der Waals surface area contributed by atoms with E-state index in [4.69, 9.17) is 16.3 Å². The van der Waals surface area contributed by atoms with Crippen molar-refractivity contribution in [1.29, 1.82) is 0 Å². The molecule has 0 bridgehead atoms. The van der Waals surface area contributed by atoms with E-state index in [2.05, 4.69) is 5.32 Å². The van der Waals surface area contributed by atoms with Crippen molar-refractivity contribution in [2.45, 2.75) is 26.4 Å². The second-order valence-electron chi connectivity index (χ2n) is 8.24. The van der Waals surface area contributed by atoms with Crippen molar-refractivity contribution < 1.29 is 19.1 Å². The van der Waals surface area contributed by atoms with Crippen LogP contribution in [0, 0.1) is 0 Å². The lowest BCUT2D eigenvalue weighted by atomic mass is 9.84. The van der Waals surface area contributed by atoms with Gasteiger partial charge in [-0.3, -0.25) is 19.3 Å². The fraction of sp³-hybridized carbons (Fsp3) is 0.222. The minimum atomic E-state index is -0.475. The van der Waals surface area contributed by atoms with Gasteiger partial charge in [0.05, 0.1) is 23.4 Å². The van der Waals surface area contributed by atoms with Crippen LogP contribution >= 0.6 is 11.6 Å². The Morgan fingerprint density at radius 1 is 0.971 bits per heavy atom. The highest BCUT2D eigenvalue weighted by Crippen LogP contribution is 2.33. The van der Waals surface area contributed by atoms with Gasteiger partial charge in [0, 0.05) is 28.8 Å². The highest BCUT2D eigenvalue weighted by atomic mass is 35.5. The third kappa shape index (κ3) is 4.60. The molecular weight excluding hydrogens is 452 g/mol. The van der Waals surface area contributed by atoms with Crippen LogP contribution in [0.25, 0.3) is 0 Å². The van der Waals surface area contributed by atoms with Crippen LogP contribution in [0.3, 0.4) is 0 Å². The number of anilines is 1. The minimum Gasteiger partial charge on any atom is -0.494 e. The first-order valence-electron chi connectivity index (χ1n) is 11.0. The van der Waals surface area contributed by atoms with E-state index in [9.17, 15) is 14.4 Å². The van der Waals surface area contributed by atoms with Crippen molar-refractivity contribution in [2.24, 2.45) is 0 Å². The fourth-order valence-electron chi connectivity index (χ4n) is 3.93. The Hall–Kier alpha value is -3.48. The zero-order valence-corrected chi connectivity index (χ0v) is 20.0. The van der Waals surface area contributed by atoms with Gasteiger partial charge in [0.2, 0.25) is 5.91 Å². The number of halogens is 1. The molecule has 0 saturated heterocycles. The van der Waals surface area contributed by atoms with Crippen molar-refractivity contribution in [3.05, 3.63) is 93.5 Å². The number of ketones is 2. The molecule has 0 fully saturated rings. The summed E-state index contributed by atoms with van der Waals surface area (Å²) < 4.78 is 5.47. The number of rotatable bonds is 7. The predicted molar refractivity (Wildman–Crippen MR) is 132 cm³/mol. The molecule has 1 amide bonds. The molecule has 0 heterocycles. The summed E-state index contributed by atoms with van der Waals surface area (Å²) in [4.78, 5) is 40.7. The van der Waals surface area contributed by atoms with Gasteiger partial charge in [0.1, 0.15) is 5.75 Å². The second-order valence-corrected chi connectivity index (χ2v) is 8.65. The Kier molecular flexibility index (Phi) is 6.82. The summed E-state index contributed by atoms with van der Waals surface area (Å²) in [6.07, 6.45) is 0. The Bertz CT molecular complexity index is 1270. The Labute approximate surface area is 203 Å². The monoisotopic (exact) mass is 476 g/mol. The van der Waals surface area contributed by atoms with Crippen LogP contribution in [0.4, 0.5) is 5.69 Å². The average molecular weight is 477 g/mol. The van der Waals surface area contributed by atoms with Crippen molar-refractivity contribution in [3.63, 3.8) is 0 Å². The summed E-state index contributed by atoms with van der Waals surface area (Å²) in [5.74, 6) is 0.00846. The summed E-state index contributed by atoms with van der Waals surface area (Å²) in [5, 5.41) is 3.02. The maximum absolute atomic E-state index is 13.0. The lowest BCUT2D eigenvalue weighted by molar-refractivity contribution is -0.120. The molecule has 0 aliphatic heterocycles.